The molecule has 0 aliphatic rings. The molecule has 0 saturated carbocycles. The van der Waals surface area contributed by atoms with Gasteiger partial charge in [0.05, 0.1) is 10.8 Å². The zero-order valence-corrected chi connectivity index (χ0v) is 15.3. The summed E-state index contributed by atoms with van der Waals surface area (Å²) in [4.78, 5) is 16.3. The van der Waals surface area contributed by atoms with Crippen LogP contribution in [0.25, 0.3) is 11.4 Å². The van der Waals surface area contributed by atoms with E-state index in [0.29, 0.717) is 28.2 Å². The Hall–Kier alpha value is -2.26. The third-order valence-corrected chi connectivity index (χ3v) is 5.23. The van der Waals surface area contributed by atoms with Crippen LogP contribution in [0.1, 0.15) is 13.8 Å². The fourth-order valence-corrected chi connectivity index (χ4v) is 3.65. The zero-order chi connectivity index (χ0) is 17.8. The fourth-order valence-electron chi connectivity index (χ4n) is 2.21. The SMILES string of the molecule is CCn1c(SC(C)C(=O)Nc2nccs2)nnc1-c1ccccc1F. The number of thioether (sulfide) groups is 1. The lowest BCUT2D eigenvalue weighted by Gasteiger charge is -2.11. The Balaban J connectivity index is 1.79. The zero-order valence-electron chi connectivity index (χ0n) is 13.6. The molecule has 0 radical (unpaired) electrons. The number of halogens is 1. The summed E-state index contributed by atoms with van der Waals surface area (Å²) in [6.45, 7) is 4.28. The molecule has 0 bridgehead atoms. The summed E-state index contributed by atoms with van der Waals surface area (Å²) in [6, 6.07) is 6.44. The van der Waals surface area contributed by atoms with Crippen molar-refractivity contribution in [2.75, 3.05) is 5.32 Å². The van der Waals surface area contributed by atoms with Gasteiger partial charge in [-0.1, -0.05) is 23.9 Å². The van der Waals surface area contributed by atoms with Crippen molar-refractivity contribution in [2.45, 2.75) is 30.8 Å². The summed E-state index contributed by atoms with van der Waals surface area (Å²) in [5.74, 6) is -0.0654. The average molecular weight is 377 g/mol. The number of anilines is 1. The second kappa shape index (κ2) is 7.75. The molecular weight excluding hydrogens is 361 g/mol. The number of hydrogen-bond acceptors (Lipinski definition) is 6. The molecule has 0 spiro atoms. The van der Waals surface area contributed by atoms with Crippen LogP contribution in [-0.2, 0) is 11.3 Å². The van der Waals surface area contributed by atoms with Crippen molar-refractivity contribution in [3.05, 3.63) is 41.7 Å². The minimum atomic E-state index is -0.396. The predicted molar refractivity (Wildman–Crippen MR) is 97.2 cm³/mol. The number of aromatic nitrogens is 4. The van der Waals surface area contributed by atoms with Gasteiger partial charge in [0.25, 0.3) is 0 Å². The first-order valence-corrected chi connectivity index (χ1v) is 9.41. The molecule has 1 atom stereocenters. The maximum atomic E-state index is 14.0. The van der Waals surface area contributed by atoms with Gasteiger partial charge in [0.2, 0.25) is 5.91 Å². The molecule has 130 valence electrons. The lowest BCUT2D eigenvalue weighted by Crippen LogP contribution is -2.22. The van der Waals surface area contributed by atoms with Crippen LogP contribution < -0.4 is 5.32 Å². The second-order valence-electron chi connectivity index (χ2n) is 5.12. The van der Waals surface area contributed by atoms with E-state index in [0.717, 1.165) is 0 Å². The third-order valence-electron chi connectivity index (χ3n) is 3.46. The second-order valence-corrected chi connectivity index (χ2v) is 7.32. The number of amides is 1. The Kier molecular flexibility index (Phi) is 5.44. The topological polar surface area (TPSA) is 72.7 Å². The molecule has 9 heteroatoms. The Bertz CT molecular complexity index is 865. The van der Waals surface area contributed by atoms with Crippen LogP contribution in [0.5, 0.6) is 0 Å². The summed E-state index contributed by atoms with van der Waals surface area (Å²) >= 11 is 2.64. The number of hydrogen-bond donors (Lipinski definition) is 1. The van der Waals surface area contributed by atoms with Gasteiger partial charge in [-0.15, -0.1) is 21.5 Å². The normalized spacial score (nSPS) is 12.1. The molecule has 0 aliphatic heterocycles. The first-order chi connectivity index (χ1) is 12.1. The molecule has 1 unspecified atom stereocenters. The molecule has 0 aliphatic carbocycles. The molecule has 0 saturated heterocycles. The average Bonchev–Trinajstić information content (AvgIpc) is 3.24. The molecule has 3 aromatic rings. The number of thiazole rings is 1. The maximum Gasteiger partial charge on any atom is 0.239 e. The van der Waals surface area contributed by atoms with Crippen LogP contribution >= 0.6 is 23.1 Å². The molecule has 2 heterocycles. The maximum absolute atomic E-state index is 14.0. The highest BCUT2D eigenvalue weighted by atomic mass is 32.2. The van der Waals surface area contributed by atoms with E-state index in [9.17, 15) is 9.18 Å². The summed E-state index contributed by atoms with van der Waals surface area (Å²) in [6.07, 6.45) is 1.63. The first-order valence-electron chi connectivity index (χ1n) is 7.65. The number of rotatable bonds is 6. The van der Waals surface area contributed by atoms with Gasteiger partial charge < -0.3 is 9.88 Å². The fraction of sp³-hybridized carbons (Fsp3) is 0.250. The van der Waals surface area contributed by atoms with Gasteiger partial charge in [-0.05, 0) is 26.0 Å². The largest absolute Gasteiger partial charge is 0.302 e. The molecule has 6 nitrogen and oxygen atoms in total. The number of nitrogens with one attached hydrogen (secondary N) is 1. The summed E-state index contributed by atoms with van der Waals surface area (Å²) < 4.78 is 15.8. The number of nitrogens with zero attached hydrogens (tertiary/aromatic N) is 4. The molecular formula is C16H16FN5OS2. The van der Waals surface area contributed by atoms with Crippen LogP contribution in [-0.4, -0.2) is 30.9 Å². The molecule has 2 aromatic heterocycles. The highest BCUT2D eigenvalue weighted by molar-refractivity contribution is 8.00. The van der Waals surface area contributed by atoms with Crippen molar-refractivity contribution < 1.29 is 9.18 Å². The Labute approximate surface area is 152 Å². The van der Waals surface area contributed by atoms with Gasteiger partial charge in [0, 0.05) is 18.1 Å². The third kappa shape index (κ3) is 3.88. The van der Waals surface area contributed by atoms with E-state index in [-0.39, 0.29) is 11.7 Å². The lowest BCUT2D eigenvalue weighted by molar-refractivity contribution is -0.115. The number of benzene rings is 1. The first kappa shape index (κ1) is 17.6. The van der Waals surface area contributed by atoms with E-state index in [1.165, 1.54) is 29.2 Å². The van der Waals surface area contributed by atoms with Crippen molar-refractivity contribution in [1.82, 2.24) is 19.7 Å². The van der Waals surface area contributed by atoms with Crippen molar-refractivity contribution in [3.8, 4) is 11.4 Å². The van der Waals surface area contributed by atoms with Crippen LogP contribution in [0.3, 0.4) is 0 Å². The highest BCUT2D eigenvalue weighted by Gasteiger charge is 2.21. The van der Waals surface area contributed by atoms with Crippen LogP contribution in [0.15, 0.2) is 41.0 Å². The standard InChI is InChI=1S/C16H16FN5OS2/c1-3-22-13(11-6-4-5-7-12(11)17)20-21-16(22)25-10(2)14(23)19-15-18-8-9-24-15/h4-10H,3H2,1-2H3,(H,18,19,23). The van der Waals surface area contributed by atoms with Gasteiger partial charge in [0.1, 0.15) is 5.82 Å². The van der Waals surface area contributed by atoms with Gasteiger partial charge in [-0.2, -0.15) is 0 Å². The lowest BCUT2D eigenvalue weighted by atomic mass is 10.2. The van der Waals surface area contributed by atoms with E-state index < -0.39 is 5.25 Å². The molecule has 25 heavy (non-hydrogen) atoms. The van der Waals surface area contributed by atoms with Crippen LogP contribution in [0.2, 0.25) is 0 Å². The predicted octanol–water partition coefficient (Wildman–Crippen LogP) is 3.68. The molecule has 1 amide bonds. The Morgan fingerprint density at radius 3 is 2.88 bits per heavy atom. The van der Waals surface area contributed by atoms with Crippen molar-refractivity contribution >= 4 is 34.1 Å². The van der Waals surface area contributed by atoms with E-state index in [4.69, 9.17) is 0 Å². The van der Waals surface area contributed by atoms with Crippen LogP contribution in [0, 0.1) is 5.82 Å². The minimum absolute atomic E-state index is 0.168. The highest BCUT2D eigenvalue weighted by Crippen LogP contribution is 2.28. The minimum Gasteiger partial charge on any atom is -0.302 e. The van der Waals surface area contributed by atoms with E-state index >= 15 is 0 Å². The Morgan fingerprint density at radius 1 is 1.40 bits per heavy atom. The van der Waals surface area contributed by atoms with E-state index in [1.54, 1.807) is 41.3 Å². The molecule has 0 fully saturated rings. The van der Waals surface area contributed by atoms with Crippen LogP contribution in [0.4, 0.5) is 9.52 Å². The monoisotopic (exact) mass is 377 g/mol. The number of carbonyl (C=O) groups is 1. The summed E-state index contributed by atoms with van der Waals surface area (Å²) in [5.41, 5.74) is 0.392. The Morgan fingerprint density at radius 2 is 2.20 bits per heavy atom. The van der Waals surface area contributed by atoms with Gasteiger partial charge in [0.15, 0.2) is 16.1 Å². The quantitative estimate of drug-likeness (QED) is 0.664. The molecule has 1 aromatic carbocycles. The van der Waals surface area contributed by atoms with E-state index in [2.05, 4.69) is 20.5 Å². The van der Waals surface area contributed by atoms with Gasteiger partial charge in [-0.3, -0.25) is 4.79 Å². The van der Waals surface area contributed by atoms with Gasteiger partial charge >= 0.3 is 0 Å². The van der Waals surface area contributed by atoms with E-state index in [1.807, 2.05) is 6.92 Å². The van der Waals surface area contributed by atoms with Crippen molar-refractivity contribution in [2.24, 2.45) is 0 Å². The summed E-state index contributed by atoms with van der Waals surface area (Å²) in [5, 5.41) is 13.5. The van der Waals surface area contributed by atoms with Crippen molar-refractivity contribution in [1.29, 1.82) is 0 Å². The van der Waals surface area contributed by atoms with Crippen molar-refractivity contribution in [3.63, 3.8) is 0 Å². The smallest absolute Gasteiger partial charge is 0.239 e. The molecule has 3 rings (SSSR count). The number of carbonyl (C=O) groups excluding carboxylic acids is 1. The summed E-state index contributed by atoms with van der Waals surface area (Å²) in [7, 11) is 0. The van der Waals surface area contributed by atoms with Gasteiger partial charge in [-0.25, -0.2) is 9.37 Å². The molecule has 1 N–H and O–H groups in total.